The van der Waals surface area contributed by atoms with Crippen LogP contribution in [0.3, 0.4) is 0 Å². The van der Waals surface area contributed by atoms with Gasteiger partial charge in [-0.25, -0.2) is 9.67 Å². The van der Waals surface area contributed by atoms with Gasteiger partial charge in [-0.3, -0.25) is 9.69 Å². The number of hydrogen-bond acceptors (Lipinski definition) is 6. The van der Waals surface area contributed by atoms with Crippen LogP contribution in [0.2, 0.25) is 0 Å². The fraction of sp³-hybridized carbons (Fsp3) is 0.265. The molecule has 0 aliphatic carbocycles. The quantitative estimate of drug-likeness (QED) is 0.142. The smallest absolute Gasteiger partial charge is 0.406 e. The second-order valence-corrected chi connectivity index (χ2v) is 12.5. The Morgan fingerprint density at radius 2 is 1.85 bits per heavy atom. The SMILES string of the molecule is C/C(=C\CCNC(=S)/N=C1\SCC(=O)N1c1cc(C)ccc1C(C)C)c1ccc(-c2ncn(-c3ccc(OC(F)(F)F)cc3)n2)cc1. The van der Waals surface area contributed by atoms with Gasteiger partial charge in [-0.2, -0.15) is 4.99 Å². The van der Waals surface area contributed by atoms with Gasteiger partial charge in [0.15, 0.2) is 16.1 Å². The number of alkyl halides is 3. The minimum Gasteiger partial charge on any atom is -0.406 e. The highest BCUT2D eigenvalue weighted by Gasteiger charge is 2.32. The number of nitrogens with zero attached hydrogens (tertiary/aromatic N) is 5. The first-order valence-electron chi connectivity index (χ1n) is 14.9. The Bertz CT molecular complexity index is 1820. The van der Waals surface area contributed by atoms with Crippen molar-refractivity contribution in [3.05, 3.63) is 95.8 Å². The second kappa shape index (κ2) is 14.5. The van der Waals surface area contributed by atoms with Crippen LogP contribution in [0, 0.1) is 6.92 Å². The number of amides is 1. The van der Waals surface area contributed by atoms with Crippen molar-refractivity contribution in [2.45, 2.75) is 46.4 Å². The van der Waals surface area contributed by atoms with Gasteiger partial charge < -0.3 is 10.1 Å². The molecule has 4 aromatic rings. The van der Waals surface area contributed by atoms with Crippen molar-refractivity contribution in [1.82, 2.24) is 20.1 Å². The van der Waals surface area contributed by atoms with Gasteiger partial charge in [0, 0.05) is 12.1 Å². The minimum absolute atomic E-state index is 0.00842. The van der Waals surface area contributed by atoms with Gasteiger partial charge in [0.05, 0.1) is 17.1 Å². The van der Waals surface area contributed by atoms with Crippen LogP contribution < -0.4 is 15.0 Å². The average Bonchev–Trinajstić information content (AvgIpc) is 3.66. The van der Waals surface area contributed by atoms with Crippen LogP contribution in [-0.4, -0.2) is 49.6 Å². The zero-order chi connectivity index (χ0) is 33.7. The first kappa shape index (κ1) is 33.9. The maximum atomic E-state index is 12.8. The summed E-state index contributed by atoms with van der Waals surface area (Å²) in [6.45, 7) is 8.83. The Labute approximate surface area is 280 Å². The summed E-state index contributed by atoms with van der Waals surface area (Å²) in [6, 6.07) is 19.3. The zero-order valence-corrected chi connectivity index (χ0v) is 27.8. The van der Waals surface area contributed by atoms with Crippen molar-refractivity contribution in [2.75, 3.05) is 17.2 Å². The summed E-state index contributed by atoms with van der Waals surface area (Å²) < 4.78 is 42.7. The van der Waals surface area contributed by atoms with Crippen molar-refractivity contribution in [3.63, 3.8) is 0 Å². The molecule has 0 spiro atoms. The molecule has 5 rings (SSSR count). The van der Waals surface area contributed by atoms with Gasteiger partial charge in [-0.1, -0.05) is 68.1 Å². The molecule has 2 heterocycles. The largest absolute Gasteiger partial charge is 0.573 e. The lowest BCUT2D eigenvalue weighted by Crippen LogP contribution is -2.32. The third-order valence-corrected chi connectivity index (χ3v) is 8.47. The lowest BCUT2D eigenvalue weighted by atomic mass is 9.99. The Hall–Kier alpha value is -4.49. The third kappa shape index (κ3) is 8.66. The number of aliphatic imine (C=N–C) groups is 1. The van der Waals surface area contributed by atoms with E-state index in [0.29, 0.717) is 40.5 Å². The lowest BCUT2D eigenvalue weighted by molar-refractivity contribution is -0.274. The summed E-state index contributed by atoms with van der Waals surface area (Å²) in [5.74, 6) is 0.743. The normalized spacial score (nSPS) is 14.7. The van der Waals surface area contributed by atoms with Gasteiger partial charge in [0.25, 0.3) is 0 Å². The van der Waals surface area contributed by atoms with Gasteiger partial charge in [0.2, 0.25) is 5.91 Å². The van der Waals surface area contributed by atoms with Crippen LogP contribution in [-0.2, 0) is 4.79 Å². The first-order valence-corrected chi connectivity index (χ1v) is 16.3. The fourth-order valence-corrected chi connectivity index (χ4v) is 6.04. The van der Waals surface area contributed by atoms with Crippen LogP contribution in [0.15, 0.2) is 84.1 Å². The molecule has 1 saturated heterocycles. The summed E-state index contributed by atoms with van der Waals surface area (Å²) >= 11 is 6.89. The Kier molecular flexibility index (Phi) is 10.5. The molecule has 1 aliphatic rings. The molecule has 244 valence electrons. The third-order valence-electron chi connectivity index (χ3n) is 7.31. The molecule has 1 fully saturated rings. The van der Waals surface area contributed by atoms with E-state index in [1.54, 1.807) is 4.90 Å². The van der Waals surface area contributed by atoms with E-state index in [0.717, 1.165) is 33.5 Å². The number of anilines is 1. The number of carbonyl (C=O) groups is 1. The zero-order valence-electron chi connectivity index (χ0n) is 26.2. The number of benzene rings is 3. The highest BCUT2D eigenvalue weighted by atomic mass is 32.2. The summed E-state index contributed by atoms with van der Waals surface area (Å²) in [7, 11) is 0. The molecule has 1 aromatic heterocycles. The predicted molar refractivity (Wildman–Crippen MR) is 185 cm³/mol. The predicted octanol–water partition coefficient (Wildman–Crippen LogP) is 8.07. The maximum absolute atomic E-state index is 12.8. The number of nitrogens with one attached hydrogen (secondary N) is 1. The maximum Gasteiger partial charge on any atom is 0.573 e. The number of aromatic nitrogens is 3. The lowest BCUT2D eigenvalue weighted by Gasteiger charge is -2.22. The van der Waals surface area contributed by atoms with Gasteiger partial charge in [-0.15, -0.1) is 18.3 Å². The molecule has 1 aliphatic heterocycles. The first-order chi connectivity index (χ1) is 22.4. The second-order valence-electron chi connectivity index (χ2n) is 11.2. The van der Waals surface area contributed by atoms with E-state index < -0.39 is 6.36 Å². The number of rotatable bonds is 9. The van der Waals surface area contributed by atoms with Gasteiger partial charge in [0.1, 0.15) is 12.1 Å². The number of ether oxygens (including phenoxy) is 1. The number of hydrogen-bond donors (Lipinski definition) is 1. The molecule has 0 unspecified atom stereocenters. The number of aryl methyl sites for hydroxylation is 1. The van der Waals surface area contributed by atoms with Crippen LogP contribution in [0.25, 0.3) is 22.6 Å². The molecule has 13 heteroatoms. The molecule has 0 bridgehead atoms. The van der Waals surface area contributed by atoms with E-state index in [4.69, 9.17) is 12.2 Å². The van der Waals surface area contributed by atoms with E-state index >= 15 is 0 Å². The number of allylic oxidation sites excluding steroid dienone is 1. The topological polar surface area (TPSA) is 84.6 Å². The summed E-state index contributed by atoms with van der Waals surface area (Å²) in [5, 5.41) is 8.56. The molecule has 3 aromatic carbocycles. The van der Waals surface area contributed by atoms with Crippen LogP contribution in [0.4, 0.5) is 18.9 Å². The monoisotopic (exact) mass is 678 g/mol. The average molecular weight is 679 g/mol. The van der Waals surface area contributed by atoms with E-state index in [-0.39, 0.29) is 17.6 Å². The van der Waals surface area contributed by atoms with Crippen LogP contribution in [0.5, 0.6) is 5.75 Å². The standard InChI is InChI=1S/C34H33F3N6O2S2/c1-21(2)28-16-7-22(3)18-29(28)43-30(44)19-47-33(43)40-32(46)38-17-5-6-23(4)24-8-10-25(11-9-24)31-39-20-42(41-31)26-12-14-27(15-13-26)45-34(35,36)37/h6-16,18,20-21H,5,17,19H2,1-4H3,(H,38,46)/b23-6+,40-33-. The Morgan fingerprint density at radius 1 is 1.13 bits per heavy atom. The molecular formula is C34H33F3N6O2S2. The minimum atomic E-state index is -4.75. The summed E-state index contributed by atoms with van der Waals surface area (Å²) in [5.41, 5.74) is 6.48. The number of amidine groups is 1. The van der Waals surface area contributed by atoms with Crippen LogP contribution in [0.1, 0.15) is 49.8 Å². The molecule has 1 N–H and O–H groups in total. The van der Waals surface area contributed by atoms with Crippen molar-refractivity contribution in [1.29, 1.82) is 0 Å². The van der Waals surface area contributed by atoms with Crippen molar-refractivity contribution in [3.8, 4) is 22.8 Å². The van der Waals surface area contributed by atoms with E-state index in [1.807, 2.05) is 44.2 Å². The molecule has 8 nitrogen and oxygen atoms in total. The highest BCUT2D eigenvalue weighted by Crippen LogP contribution is 2.34. The molecule has 0 atom stereocenters. The van der Waals surface area contributed by atoms with E-state index in [1.165, 1.54) is 47.0 Å². The van der Waals surface area contributed by atoms with E-state index in [2.05, 4.69) is 57.2 Å². The molecule has 1 amide bonds. The van der Waals surface area contributed by atoms with Gasteiger partial charge >= 0.3 is 6.36 Å². The van der Waals surface area contributed by atoms with Crippen LogP contribution >= 0.6 is 24.0 Å². The molecular weight excluding hydrogens is 646 g/mol. The van der Waals surface area contributed by atoms with Crippen molar-refractivity contribution >= 4 is 51.4 Å². The Morgan fingerprint density at radius 3 is 2.53 bits per heavy atom. The van der Waals surface area contributed by atoms with Gasteiger partial charge in [-0.05, 0) is 91.0 Å². The number of thioether (sulfide) groups is 1. The Balaban J connectivity index is 1.16. The molecule has 0 saturated carbocycles. The van der Waals surface area contributed by atoms with E-state index in [9.17, 15) is 18.0 Å². The number of thiocarbonyl (C=S) groups is 1. The fourth-order valence-electron chi connectivity index (χ4n) is 4.93. The summed E-state index contributed by atoms with van der Waals surface area (Å²) in [4.78, 5) is 23.5. The number of carbonyl (C=O) groups excluding carboxylic acids is 1. The number of halogens is 3. The summed E-state index contributed by atoms with van der Waals surface area (Å²) in [6.07, 6.45) is -0.424. The highest BCUT2D eigenvalue weighted by molar-refractivity contribution is 8.15. The molecule has 0 radical (unpaired) electrons. The van der Waals surface area contributed by atoms with Crippen molar-refractivity contribution in [2.24, 2.45) is 4.99 Å². The molecule has 47 heavy (non-hydrogen) atoms. The van der Waals surface area contributed by atoms with Crippen molar-refractivity contribution < 1.29 is 22.7 Å².